The smallest absolute Gasteiger partial charge is 0.141 e. The van der Waals surface area contributed by atoms with E-state index in [4.69, 9.17) is 0 Å². The van der Waals surface area contributed by atoms with Crippen molar-refractivity contribution in [3.05, 3.63) is 12.2 Å². The molecule has 1 saturated heterocycles. The molecule has 0 saturated carbocycles. The van der Waals surface area contributed by atoms with E-state index in [0.29, 0.717) is 12.1 Å². The number of hydrogen-bond acceptors (Lipinski definition) is 4. The summed E-state index contributed by atoms with van der Waals surface area (Å²) in [7, 11) is 0. The normalized spacial score (nSPS) is 16.6. The molecule has 0 bridgehead atoms. The number of nitrogens with one attached hydrogen (secondary N) is 1. The highest BCUT2D eigenvalue weighted by molar-refractivity contribution is 5.85. The summed E-state index contributed by atoms with van der Waals surface area (Å²) < 4.78 is 2.05. The predicted molar refractivity (Wildman–Crippen MR) is 84.2 cm³/mol. The third-order valence-electron chi connectivity index (χ3n) is 3.82. The summed E-state index contributed by atoms with van der Waals surface area (Å²) in [5.74, 6) is 1.10. The van der Waals surface area contributed by atoms with E-state index in [1.54, 1.807) is 6.33 Å². The van der Waals surface area contributed by atoms with Crippen molar-refractivity contribution in [1.29, 1.82) is 0 Å². The van der Waals surface area contributed by atoms with Crippen LogP contribution in [0.3, 0.4) is 0 Å². The van der Waals surface area contributed by atoms with Crippen LogP contribution in [0.15, 0.2) is 6.33 Å². The summed E-state index contributed by atoms with van der Waals surface area (Å²) in [5.41, 5.74) is 0. The van der Waals surface area contributed by atoms with E-state index in [1.807, 2.05) is 4.68 Å². The van der Waals surface area contributed by atoms with Gasteiger partial charge in [-0.05, 0) is 52.7 Å². The highest BCUT2D eigenvalue weighted by atomic mass is 35.5. The van der Waals surface area contributed by atoms with Crippen molar-refractivity contribution >= 4 is 12.4 Å². The highest BCUT2D eigenvalue weighted by Gasteiger charge is 2.22. The molecule has 1 aromatic rings. The van der Waals surface area contributed by atoms with Crippen LogP contribution in [0.2, 0.25) is 0 Å². The molecule has 0 atom stereocenters. The van der Waals surface area contributed by atoms with E-state index in [1.165, 1.54) is 19.3 Å². The van der Waals surface area contributed by atoms with Crippen molar-refractivity contribution in [2.75, 3.05) is 19.6 Å². The van der Waals surface area contributed by atoms with Gasteiger partial charge in [-0.1, -0.05) is 6.92 Å². The maximum absolute atomic E-state index is 4.45. The molecular formula is C14H28ClN5. The second-order valence-electron chi connectivity index (χ2n) is 5.67. The van der Waals surface area contributed by atoms with Crippen LogP contribution in [0.25, 0.3) is 0 Å². The first-order valence-electron chi connectivity index (χ1n) is 7.55. The maximum Gasteiger partial charge on any atom is 0.141 e. The lowest BCUT2D eigenvalue weighted by Gasteiger charge is -2.34. The van der Waals surface area contributed by atoms with Crippen LogP contribution in [0.4, 0.5) is 0 Å². The van der Waals surface area contributed by atoms with Crippen molar-refractivity contribution in [1.82, 2.24) is 25.0 Å². The zero-order valence-electron chi connectivity index (χ0n) is 12.9. The van der Waals surface area contributed by atoms with Crippen LogP contribution in [0, 0.1) is 0 Å². The molecule has 0 aromatic carbocycles. The van der Waals surface area contributed by atoms with E-state index >= 15 is 0 Å². The molecule has 2 heterocycles. The molecule has 0 aliphatic carbocycles. The summed E-state index contributed by atoms with van der Waals surface area (Å²) in [4.78, 5) is 7.04. The van der Waals surface area contributed by atoms with E-state index in [9.17, 15) is 0 Å². The van der Waals surface area contributed by atoms with E-state index < -0.39 is 0 Å². The third-order valence-corrected chi connectivity index (χ3v) is 3.82. The van der Waals surface area contributed by atoms with Crippen LogP contribution < -0.4 is 5.32 Å². The molecule has 6 heteroatoms. The van der Waals surface area contributed by atoms with Crippen molar-refractivity contribution in [2.24, 2.45) is 0 Å². The Hall–Kier alpha value is -0.650. The van der Waals surface area contributed by atoms with Gasteiger partial charge in [0.1, 0.15) is 12.2 Å². The number of piperidine rings is 1. The minimum absolute atomic E-state index is 0. The van der Waals surface area contributed by atoms with Crippen molar-refractivity contribution in [3.8, 4) is 0 Å². The van der Waals surface area contributed by atoms with Crippen molar-refractivity contribution in [3.63, 3.8) is 0 Å². The third kappa shape index (κ3) is 4.43. The second kappa shape index (κ2) is 8.60. The lowest BCUT2D eigenvalue weighted by molar-refractivity contribution is 0.147. The molecule has 1 aromatic heterocycles. The minimum Gasteiger partial charge on any atom is -0.317 e. The Balaban J connectivity index is 0.00000200. The van der Waals surface area contributed by atoms with Gasteiger partial charge < -0.3 is 5.32 Å². The number of hydrogen-bond donors (Lipinski definition) is 1. The summed E-state index contributed by atoms with van der Waals surface area (Å²) in [6.45, 7) is 10.9. The van der Waals surface area contributed by atoms with Crippen LogP contribution in [0.1, 0.15) is 51.9 Å². The number of rotatable bonds is 6. The van der Waals surface area contributed by atoms with Crippen LogP contribution >= 0.6 is 12.4 Å². The molecule has 0 amide bonds. The van der Waals surface area contributed by atoms with Gasteiger partial charge in [0.2, 0.25) is 0 Å². The molecule has 1 N–H and O–H groups in total. The minimum atomic E-state index is 0. The molecule has 20 heavy (non-hydrogen) atoms. The largest absolute Gasteiger partial charge is 0.317 e. The predicted octanol–water partition coefficient (Wildman–Crippen LogP) is 2.24. The Kier molecular flexibility index (Phi) is 7.48. The molecule has 116 valence electrons. The van der Waals surface area contributed by atoms with Crippen molar-refractivity contribution < 1.29 is 0 Å². The Labute approximate surface area is 128 Å². The summed E-state index contributed by atoms with van der Waals surface area (Å²) in [6, 6.07) is 1.08. The summed E-state index contributed by atoms with van der Waals surface area (Å²) in [5, 5.41) is 7.78. The van der Waals surface area contributed by atoms with Crippen LogP contribution in [0.5, 0.6) is 0 Å². The monoisotopic (exact) mass is 301 g/mol. The standard InChI is InChI=1S/C14H27N5.ClH/c1-4-9-18(13-5-7-15-8-6-13)10-14-16-11-17-19(14)12(2)3;/h11-13,15H,4-10H2,1-3H3;1H. The van der Waals surface area contributed by atoms with Gasteiger partial charge in [0, 0.05) is 12.1 Å². The topological polar surface area (TPSA) is 46.0 Å². The Morgan fingerprint density at radius 1 is 1.40 bits per heavy atom. The maximum atomic E-state index is 4.45. The average molecular weight is 302 g/mol. The first kappa shape index (κ1) is 17.4. The van der Waals surface area contributed by atoms with E-state index in [0.717, 1.165) is 32.0 Å². The van der Waals surface area contributed by atoms with Crippen molar-refractivity contribution in [2.45, 2.75) is 58.7 Å². The van der Waals surface area contributed by atoms with Gasteiger partial charge in [0.05, 0.1) is 6.54 Å². The quantitative estimate of drug-likeness (QED) is 0.875. The molecule has 2 rings (SSSR count). The first-order valence-corrected chi connectivity index (χ1v) is 7.55. The van der Waals surface area contributed by atoms with Gasteiger partial charge in [0.15, 0.2) is 0 Å². The van der Waals surface area contributed by atoms with Gasteiger partial charge in [-0.2, -0.15) is 5.10 Å². The fraction of sp³-hybridized carbons (Fsp3) is 0.857. The Bertz CT molecular complexity index is 373. The zero-order chi connectivity index (χ0) is 13.7. The average Bonchev–Trinajstić information content (AvgIpc) is 2.88. The second-order valence-corrected chi connectivity index (χ2v) is 5.67. The number of aromatic nitrogens is 3. The fourth-order valence-electron chi connectivity index (χ4n) is 2.85. The van der Waals surface area contributed by atoms with Crippen LogP contribution in [-0.2, 0) is 6.54 Å². The van der Waals surface area contributed by atoms with Crippen LogP contribution in [-0.4, -0.2) is 45.3 Å². The zero-order valence-corrected chi connectivity index (χ0v) is 13.7. The molecule has 0 radical (unpaired) electrons. The molecule has 0 unspecified atom stereocenters. The lowest BCUT2D eigenvalue weighted by Crippen LogP contribution is -2.43. The molecule has 0 spiro atoms. The Morgan fingerprint density at radius 3 is 2.70 bits per heavy atom. The summed E-state index contributed by atoms with van der Waals surface area (Å²) in [6.07, 6.45) is 5.37. The van der Waals surface area contributed by atoms with Gasteiger partial charge in [0.25, 0.3) is 0 Å². The summed E-state index contributed by atoms with van der Waals surface area (Å²) >= 11 is 0. The molecule has 5 nitrogen and oxygen atoms in total. The van der Waals surface area contributed by atoms with E-state index in [-0.39, 0.29) is 12.4 Å². The molecule has 1 fully saturated rings. The Morgan fingerprint density at radius 2 is 2.10 bits per heavy atom. The molecular weight excluding hydrogens is 274 g/mol. The van der Waals surface area contributed by atoms with Gasteiger partial charge in [-0.25, -0.2) is 9.67 Å². The lowest BCUT2D eigenvalue weighted by atomic mass is 10.0. The van der Waals surface area contributed by atoms with Gasteiger partial charge in [-0.3, -0.25) is 4.90 Å². The number of halogens is 1. The number of nitrogens with zero attached hydrogens (tertiary/aromatic N) is 4. The fourth-order valence-corrected chi connectivity index (χ4v) is 2.85. The SMILES string of the molecule is CCCN(Cc1ncnn1C(C)C)C1CCNCC1.Cl. The molecule has 1 aliphatic heterocycles. The van der Waals surface area contributed by atoms with E-state index in [2.05, 4.69) is 41.1 Å². The van der Waals surface area contributed by atoms with Gasteiger partial charge in [-0.15, -0.1) is 12.4 Å². The van der Waals surface area contributed by atoms with Gasteiger partial charge >= 0.3 is 0 Å². The molecule has 1 aliphatic rings. The highest BCUT2D eigenvalue weighted by Crippen LogP contribution is 2.16. The first-order chi connectivity index (χ1) is 9.22.